The van der Waals surface area contributed by atoms with Crippen LogP contribution in [-0.4, -0.2) is 57.3 Å². The summed E-state index contributed by atoms with van der Waals surface area (Å²) in [6, 6.07) is -0.981. The molecular formula is C51H101NO5. The highest BCUT2D eigenvalue weighted by molar-refractivity contribution is 5.80. The molecule has 0 radical (unpaired) electrons. The maximum Gasteiger partial charge on any atom is 0.249 e. The monoisotopic (exact) mass is 808 g/mol. The van der Waals surface area contributed by atoms with E-state index in [1.165, 1.54) is 212 Å². The number of hydrogen-bond acceptors (Lipinski definition) is 5. The summed E-state index contributed by atoms with van der Waals surface area (Å²) in [4.78, 5) is 12.5. The van der Waals surface area contributed by atoms with Gasteiger partial charge in [0.05, 0.1) is 18.8 Å². The second kappa shape index (κ2) is 46.1. The Bertz CT molecular complexity index is 821. The number of carbonyl (C=O) groups is 1. The number of nitrogens with one attached hydrogen (secondary N) is 1. The van der Waals surface area contributed by atoms with Gasteiger partial charge in [0.15, 0.2) is 0 Å². The first-order valence-corrected chi connectivity index (χ1v) is 25.6. The fourth-order valence-electron chi connectivity index (χ4n) is 8.17. The van der Waals surface area contributed by atoms with Gasteiger partial charge in [0, 0.05) is 0 Å². The van der Waals surface area contributed by atoms with Crippen molar-refractivity contribution >= 4 is 5.91 Å². The van der Waals surface area contributed by atoms with Crippen molar-refractivity contribution in [2.45, 2.75) is 301 Å². The molecule has 6 nitrogen and oxygen atoms in total. The van der Waals surface area contributed by atoms with E-state index in [0.717, 1.165) is 38.5 Å². The molecule has 0 saturated heterocycles. The molecule has 1 amide bonds. The van der Waals surface area contributed by atoms with E-state index in [2.05, 4.69) is 31.3 Å². The molecule has 0 spiro atoms. The zero-order valence-electron chi connectivity index (χ0n) is 38.4. The summed E-state index contributed by atoms with van der Waals surface area (Å²) in [6.07, 6.45) is 52.8. The van der Waals surface area contributed by atoms with Crippen LogP contribution in [0, 0.1) is 0 Å². The molecular weight excluding hydrogens is 707 g/mol. The Morgan fingerprint density at radius 1 is 0.421 bits per heavy atom. The Labute approximate surface area is 355 Å². The summed E-state index contributed by atoms with van der Waals surface area (Å²) >= 11 is 0. The third kappa shape index (κ3) is 40.2. The van der Waals surface area contributed by atoms with Crippen molar-refractivity contribution in [2.75, 3.05) is 6.61 Å². The molecule has 0 saturated carbocycles. The zero-order chi connectivity index (χ0) is 41.7. The molecule has 0 aromatic heterocycles. The van der Waals surface area contributed by atoms with Crippen molar-refractivity contribution in [3.8, 4) is 0 Å². The van der Waals surface area contributed by atoms with Crippen molar-refractivity contribution in [3.63, 3.8) is 0 Å². The lowest BCUT2D eigenvalue weighted by atomic mass is 9.99. The molecule has 0 aliphatic carbocycles. The van der Waals surface area contributed by atoms with Crippen molar-refractivity contribution in [2.24, 2.45) is 0 Å². The molecule has 0 bridgehead atoms. The minimum absolute atomic E-state index is 0.373. The summed E-state index contributed by atoms with van der Waals surface area (Å²) in [5.74, 6) is -0.581. The van der Waals surface area contributed by atoms with E-state index in [1.54, 1.807) is 0 Å². The molecule has 4 atom stereocenters. The van der Waals surface area contributed by atoms with Crippen LogP contribution in [0.15, 0.2) is 12.2 Å². The van der Waals surface area contributed by atoms with E-state index >= 15 is 0 Å². The molecule has 0 aliphatic heterocycles. The van der Waals surface area contributed by atoms with Crippen molar-refractivity contribution in [1.29, 1.82) is 0 Å². The summed E-state index contributed by atoms with van der Waals surface area (Å²) in [7, 11) is 0. The Balaban J connectivity index is 3.56. The first-order chi connectivity index (χ1) is 28.0. The lowest BCUT2D eigenvalue weighted by Gasteiger charge is -2.27. The Hall–Kier alpha value is -0.950. The van der Waals surface area contributed by atoms with Gasteiger partial charge in [0.1, 0.15) is 12.2 Å². The van der Waals surface area contributed by atoms with E-state index in [0.29, 0.717) is 12.8 Å². The Morgan fingerprint density at radius 3 is 1.02 bits per heavy atom. The van der Waals surface area contributed by atoms with Gasteiger partial charge in [0.2, 0.25) is 5.91 Å². The predicted molar refractivity (Wildman–Crippen MR) is 247 cm³/mol. The second-order valence-corrected chi connectivity index (χ2v) is 17.9. The van der Waals surface area contributed by atoms with Gasteiger partial charge in [-0.05, 0) is 38.5 Å². The van der Waals surface area contributed by atoms with Gasteiger partial charge in [-0.1, -0.05) is 251 Å². The van der Waals surface area contributed by atoms with Crippen LogP contribution in [0.4, 0.5) is 0 Å². The lowest BCUT2D eigenvalue weighted by Crippen LogP contribution is -2.53. The van der Waals surface area contributed by atoms with Gasteiger partial charge in [-0.25, -0.2) is 0 Å². The number of hydrogen-bond donors (Lipinski definition) is 5. The summed E-state index contributed by atoms with van der Waals surface area (Å²) < 4.78 is 0. The van der Waals surface area contributed by atoms with E-state index in [-0.39, 0.29) is 0 Å². The van der Waals surface area contributed by atoms with Crippen LogP contribution < -0.4 is 5.32 Å². The number of aliphatic hydroxyl groups excluding tert-OH is 4. The standard InChI is InChI=1S/C51H101NO5/c1-3-5-7-9-11-13-15-16-17-18-19-20-21-22-23-24-25-26-27-28-29-30-31-32-33-35-37-39-41-43-45-49(55)51(57)52-47(46-53)50(56)48(54)44-42-40-38-36-34-14-12-10-8-6-4-2/h22-23,47-50,53-56H,3-21,24-46H2,1-2H3,(H,52,57)/b23-22-. The minimum Gasteiger partial charge on any atom is -0.394 e. The van der Waals surface area contributed by atoms with Crippen LogP contribution in [0.25, 0.3) is 0 Å². The molecule has 57 heavy (non-hydrogen) atoms. The number of rotatable bonds is 47. The zero-order valence-corrected chi connectivity index (χ0v) is 38.4. The number of amides is 1. The number of aliphatic hydroxyl groups is 4. The number of allylic oxidation sites excluding steroid dienone is 2. The molecule has 0 rings (SSSR count). The number of carbonyl (C=O) groups excluding carboxylic acids is 1. The van der Waals surface area contributed by atoms with Gasteiger partial charge >= 0.3 is 0 Å². The maximum atomic E-state index is 12.5. The largest absolute Gasteiger partial charge is 0.394 e. The van der Waals surface area contributed by atoms with Gasteiger partial charge < -0.3 is 25.7 Å². The van der Waals surface area contributed by atoms with E-state index in [4.69, 9.17) is 0 Å². The molecule has 340 valence electrons. The molecule has 4 unspecified atom stereocenters. The van der Waals surface area contributed by atoms with Crippen LogP contribution in [0.3, 0.4) is 0 Å². The second-order valence-electron chi connectivity index (χ2n) is 17.9. The fourth-order valence-corrected chi connectivity index (χ4v) is 8.17. The van der Waals surface area contributed by atoms with E-state index in [1.807, 2.05) is 0 Å². The Morgan fingerprint density at radius 2 is 0.702 bits per heavy atom. The average molecular weight is 808 g/mol. The first kappa shape index (κ1) is 56.0. The SMILES string of the molecule is CCCCCCCCCCCCCC/C=C\CCCCCCCCCCCCCCCCC(O)C(=O)NC(CO)C(O)C(O)CCCCCCCCCCCCC. The van der Waals surface area contributed by atoms with Gasteiger partial charge in [-0.3, -0.25) is 4.79 Å². The topological polar surface area (TPSA) is 110 Å². The first-order valence-electron chi connectivity index (χ1n) is 25.6. The highest BCUT2D eigenvalue weighted by atomic mass is 16.3. The predicted octanol–water partition coefficient (Wildman–Crippen LogP) is 14.1. The third-order valence-electron chi connectivity index (χ3n) is 12.2. The smallest absolute Gasteiger partial charge is 0.249 e. The van der Waals surface area contributed by atoms with Gasteiger partial charge in [-0.2, -0.15) is 0 Å². The lowest BCUT2D eigenvalue weighted by molar-refractivity contribution is -0.132. The molecule has 0 aromatic rings. The molecule has 5 N–H and O–H groups in total. The van der Waals surface area contributed by atoms with Crippen LogP contribution in [0.5, 0.6) is 0 Å². The van der Waals surface area contributed by atoms with E-state index in [9.17, 15) is 25.2 Å². The molecule has 0 aliphatic rings. The van der Waals surface area contributed by atoms with Crippen molar-refractivity contribution in [1.82, 2.24) is 5.32 Å². The van der Waals surface area contributed by atoms with Crippen LogP contribution in [0.2, 0.25) is 0 Å². The quantitative estimate of drug-likeness (QED) is 0.0311. The maximum absolute atomic E-state index is 12.5. The summed E-state index contributed by atoms with van der Waals surface area (Å²) in [5, 5.41) is 43.7. The summed E-state index contributed by atoms with van der Waals surface area (Å²) in [5.41, 5.74) is 0. The molecule has 0 heterocycles. The van der Waals surface area contributed by atoms with Crippen molar-refractivity contribution < 1.29 is 25.2 Å². The van der Waals surface area contributed by atoms with Gasteiger partial charge in [-0.15, -0.1) is 0 Å². The highest BCUT2D eigenvalue weighted by Gasteiger charge is 2.28. The van der Waals surface area contributed by atoms with Crippen LogP contribution in [-0.2, 0) is 4.79 Å². The van der Waals surface area contributed by atoms with Crippen molar-refractivity contribution in [3.05, 3.63) is 12.2 Å². The fraction of sp³-hybridized carbons (Fsp3) is 0.941. The highest BCUT2D eigenvalue weighted by Crippen LogP contribution is 2.17. The minimum atomic E-state index is -1.25. The Kier molecular flexibility index (Phi) is 45.4. The van der Waals surface area contributed by atoms with Crippen LogP contribution in [0.1, 0.15) is 277 Å². The van der Waals surface area contributed by atoms with E-state index < -0.39 is 36.9 Å². The summed E-state index contributed by atoms with van der Waals surface area (Å²) in [6.45, 7) is 4.06. The molecule has 6 heteroatoms. The average Bonchev–Trinajstić information content (AvgIpc) is 3.22. The normalized spacial score (nSPS) is 14.0. The van der Waals surface area contributed by atoms with Gasteiger partial charge in [0.25, 0.3) is 0 Å². The third-order valence-corrected chi connectivity index (χ3v) is 12.2. The number of unbranched alkanes of at least 4 members (excludes halogenated alkanes) is 36. The molecule has 0 aromatic carbocycles. The molecule has 0 fully saturated rings. The van der Waals surface area contributed by atoms with Crippen LogP contribution >= 0.6 is 0 Å².